The molecule has 1 amide bonds. The molecule has 0 atom stereocenters. The van der Waals surface area contributed by atoms with E-state index < -0.39 is 0 Å². The summed E-state index contributed by atoms with van der Waals surface area (Å²) in [5.41, 5.74) is 3.60. The van der Waals surface area contributed by atoms with E-state index in [1.165, 1.54) is 6.08 Å². The van der Waals surface area contributed by atoms with E-state index >= 15 is 0 Å². The highest BCUT2D eigenvalue weighted by Crippen LogP contribution is 2.22. The van der Waals surface area contributed by atoms with Crippen molar-refractivity contribution in [3.8, 4) is 11.4 Å². The number of ether oxygens (including phenoxy) is 1. The van der Waals surface area contributed by atoms with Gasteiger partial charge in [-0.2, -0.15) is 4.98 Å². The second kappa shape index (κ2) is 7.81. The average molecular weight is 386 g/mol. The number of nitrogens with zero attached hydrogens (tertiary/aromatic N) is 4. The van der Waals surface area contributed by atoms with E-state index in [-0.39, 0.29) is 5.91 Å². The minimum atomic E-state index is -0.272. The molecular weight excluding hydrogens is 368 g/mol. The van der Waals surface area contributed by atoms with Crippen molar-refractivity contribution in [1.82, 2.24) is 19.5 Å². The molecule has 0 aliphatic heterocycles. The number of benzene rings is 2. The molecule has 0 aliphatic carbocycles. The Balaban J connectivity index is 1.65. The SMILES string of the molecule is C=CC(=O)Nc1cccc(-n2cnc3cnc(Nc4ccc(OC)cc4)nc32)c1. The largest absolute Gasteiger partial charge is 0.497 e. The summed E-state index contributed by atoms with van der Waals surface area (Å²) in [4.78, 5) is 24.8. The maximum atomic E-state index is 11.6. The lowest BCUT2D eigenvalue weighted by Gasteiger charge is -2.09. The van der Waals surface area contributed by atoms with Crippen molar-refractivity contribution >= 4 is 34.4 Å². The van der Waals surface area contributed by atoms with E-state index in [0.717, 1.165) is 17.1 Å². The molecule has 144 valence electrons. The molecule has 0 fully saturated rings. The molecule has 0 spiro atoms. The van der Waals surface area contributed by atoms with E-state index in [1.807, 2.05) is 47.0 Å². The monoisotopic (exact) mass is 386 g/mol. The van der Waals surface area contributed by atoms with Crippen LogP contribution >= 0.6 is 0 Å². The van der Waals surface area contributed by atoms with Crippen LogP contribution in [0.2, 0.25) is 0 Å². The van der Waals surface area contributed by atoms with Gasteiger partial charge in [0.25, 0.3) is 0 Å². The normalized spacial score (nSPS) is 10.5. The van der Waals surface area contributed by atoms with E-state index in [9.17, 15) is 4.79 Å². The van der Waals surface area contributed by atoms with Gasteiger partial charge in [0.05, 0.1) is 19.0 Å². The van der Waals surface area contributed by atoms with Gasteiger partial charge in [-0.15, -0.1) is 0 Å². The maximum absolute atomic E-state index is 11.6. The van der Waals surface area contributed by atoms with E-state index in [0.29, 0.717) is 22.8 Å². The minimum Gasteiger partial charge on any atom is -0.497 e. The van der Waals surface area contributed by atoms with Crippen LogP contribution in [0.5, 0.6) is 5.75 Å². The van der Waals surface area contributed by atoms with Crippen molar-refractivity contribution in [2.24, 2.45) is 0 Å². The zero-order valence-electron chi connectivity index (χ0n) is 15.7. The summed E-state index contributed by atoms with van der Waals surface area (Å²) in [6.45, 7) is 3.47. The Hall–Kier alpha value is -4.20. The number of aromatic nitrogens is 4. The first-order valence-electron chi connectivity index (χ1n) is 8.81. The summed E-state index contributed by atoms with van der Waals surface area (Å²) in [6, 6.07) is 14.9. The fourth-order valence-corrected chi connectivity index (χ4v) is 2.79. The Morgan fingerprint density at radius 1 is 1.14 bits per heavy atom. The van der Waals surface area contributed by atoms with Crippen molar-refractivity contribution in [2.75, 3.05) is 17.7 Å². The maximum Gasteiger partial charge on any atom is 0.247 e. The second-order valence-electron chi connectivity index (χ2n) is 6.11. The number of imidazole rings is 1. The summed E-state index contributed by atoms with van der Waals surface area (Å²) in [6.07, 6.45) is 4.56. The highest BCUT2D eigenvalue weighted by Gasteiger charge is 2.10. The number of carbonyl (C=O) groups is 1. The highest BCUT2D eigenvalue weighted by atomic mass is 16.5. The Morgan fingerprint density at radius 2 is 1.97 bits per heavy atom. The quantitative estimate of drug-likeness (QED) is 0.491. The Kier molecular flexibility index (Phi) is 4.90. The zero-order valence-corrected chi connectivity index (χ0v) is 15.7. The lowest BCUT2D eigenvalue weighted by atomic mass is 10.2. The van der Waals surface area contributed by atoms with Crippen molar-refractivity contribution < 1.29 is 9.53 Å². The van der Waals surface area contributed by atoms with Gasteiger partial charge in [0.2, 0.25) is 11.9 Å². The summed E-state index contributed by atoms with van der Waals surface area (Å²) in [7, 11) is 1.62. The number of hydrogen-bond acceptors (Lipinski definition) is 6. The zero-order chi connectivity index (χ0) is 20.2. The lowest BCUT2D eigenvalue weighted by Crippen LogP contribution is -2.07. The highest BCUT2D eigenvalue weighted by molar-refractivity contribution is 5.99. The molecule has 8 heteroatoms. The molecule has 2 N–H and O–H groups in total. The molecule has 2 heterocycles. The van der Waals surface area contributed by atoms with Crippen molar-refractivity contribution in [2.45, 2.75) is 0 Å². The van der Waals surface area contributed by atoms with Crippen molar-refractivity contribution in [3.05, 3.63) is 73.7 Å². The first kappa shape index (κ1) is 18.2. The van der Waals surface area contributed by atoms with Crippen LogP contribution in [-0.2, 0) is 4.79 Å². The van der Waals surface area contributed by atoms with Crippen LogP contribution in [0, 0.1) is 0 Å². The Bertz CT molecular complexity index is 1180. The smallest absolute Gasteiger partial charge is 0.247 e. The van der Waals surface area contributed by atoms with Gasteiger partial charge in [-0.1, -0.05) is 12.6 Å². The second-order valence-corrected chi connectivity index (χ2v) is 6.11. The van der Waals surface area contributed by atoms with E-state index in [4.69, 9.17) is 4.74 Å². The molecule has 4 aromatic rings. The fraction of sp³-hybridized carbons (Fsp3) is 0.0476. The topological polar surface area (TPSA) is 94.0 Å². The van der Waals surface area contributed by atoms with Gasteiger partial charge >= 0.3 is 0 Å². The Morgan fingerprint density at radius 3 is 2.72 bits per heavy atom. The number of fused-ring (bicyclic) bond motifs is 1. The van der Waals surface area contributed by atoms with E-state index in [1.54, 1.807) is 25.7 Å². The lowest BCUT2D eigenvalue weighted by molar-refractivity contribution is -0.111. The summed E-state index contributed by atoms with van der Waals surface area (Å²) in [5.74, 6) is 0.944. The van der Waals surface area contributed by atoms with Crippen LogP contribution in [-0.4, -0.2) is 32.5 Å². The summed E-state index contributed by atoms with van der Waals surface area (Å²) < 4.78 is 7.00. The standard InChI is InChI=1S/C21H18N6O2/c1-3-19(28)24-15-5-4-6-16(11-15)27-13-23-18-12-22-21(26-20(18)27)25-14-7-9-17(29-2)10-8-14/h3-13H,1H2,2H3,(H,24,28)(H,22,25,26). The van der Waals surface area contributed by atoms with Crippen LogP contribution in [0.3, 0.4) is 0 Å². The van der Waals surface area contributed by atoms with Gasteiger partial charge in [-0.25, -0.2) is 9.97 Å². The number of carbonyl (C=O) groups excluding carboxylic acids is 1. The van der Waals surface area contributed by atoms with Crippen LogP contribution in [0.4, 0.5) is 17.3 Å². The molecule has 8 nitrogen and oxygen atoms in total. The first-order chi connectivity index (χ1) is 14.2. The molecule has 0 saturated heterocycles. The minimum absolute atomic E-state index is 0.272. The number of rotatable bonds is 6. The summed E-state index contributed by atoms with van der Waals surface area (Å²) >= 11 is 0. The predicted molar refractivity (Wildman–Crippen MR) is 112 cm³/mol. The van der Waals surface area contributed by atoms with E-state index in [2.05, 4.69) is 32.2 Å². The number of amides is 1. The summed E-state index contributed by atoms with van der Waals surface area (Å²) in [5, 5.41) is 5.92. The number of hydrogen-bond donors (Lipinski definition) is 2. The molecular formula is C21H18N6O2. The van der Waals surface area contributed by atoms with Gasteiger partial charge in [0.15, 0.2) is 5.65 Å². The third-order valence-electron chi connectivity index (χ3n) is 4.21. The van der Waals surface area contributed by atoms with Crippen LogP contribution < -0.4 is 15.4 Å². The van der Waals surface area contributed by atoms with Gasteiger partial charge < -0.3 is 15.4 Å². The molecule has 29 heavy (non-hydrogen) atoms. The molecule has 4 rings (SSSR count). The van der Waals surface area contributed by atoms with Crippen molar-refractivity contribution in [3.63, 3.8) is 0 Å². The molecule has 0 aliphatic rings. The third kappa shape index (κ3) is 3.91. The molecule has 2 aromatic heterocycles. The van der Waals surface area contributed by atoms with Gasteiger partial charge in [-0.05, 0) is 48.5 Å². The predicted octanol–water partition coefficient (Wildman–Crippen LogP) is 3.69. The van der Waals surface area contributed by atoms with Gasteiger partial charge in [-0.3, -0.25) is 9.36 Å². The number of methoxy groups -OCH3 is 1. The van der Waals surface area contributed by atoms with Gasteiger partial charge in [0.1, 0.15) is 17.6 Å². The molecule has 0 saturated carbocycles. The molecule has 0 radical (unpaired) electrons. The molecule has 2 aromatic carbocycles. The van der Waals surface area contributed by atoms with Crippen molar-refractivity contribution in [1.29, 1.82) is 0 Å². The van der Waals surface area contributed by atoms with Crippen LogP contribution in [0.25, 0.3) is 16.9 Å². The van der Waals surface area contributed by atoms with Crippen LogP contribution in [0.1, 0.15) is 0 Å². The van der Waals surface area contributed by atoms with Crippen LogP contribution in [0.15, 0.2) is 73.7 Å². The fourth-order valence-electron chi connectivity index (χ4n) is 2.79. The molecule has 0 bridgehead atoms. The molecule has 0 unspecified atom stereocenters. The average Bonchev–Trinajstić information content (AvgIpc) is 3.17. The Labute approximate surface area is 166 Å². The first-order valence-corrected chi connectivity index (χ1v) is 8.81. The number of anilines is 3. The third-order valence-corrected chi connectivity index (χ3v) is 4.21. The number of nitrogens with one attached hydrogen (secondary N) is 2. The van der Waals surface area contributed by atoms with Gasteiger partial charge in [0, 0.05) is 11.4 Å².